The van der Waals surface area contributed by atoms with Gasteiger partial charge in [-0.05, 0) is 19.4 Å². The molecule has 0 unspecified atom stereocenters. The van der Waals surface area contributed by atoms with Crippen molar-refractivity contribution in [1.82, 2.24) is 15.2 Å². The van der Waals surface area contributed by atoms with Crippen LogP contribution in [-0.2, 0) is 0 Å². The molecule has 62 valence electrons. The number of anilines is 1. The molecule has 12 heavy (non-hydrogen) atoms. The van der Waals surface area contributed by atoms with Crippen LogP contribution in [0, 0.1) is 13.8 Å². The number of aryl methyl sites for hydroxylation is 2. The van der Waals surface area contributed by atoms with E-state index in [1.165, 1.54) is 0 Å². The van der Waals surface area contributed by atoms with E-state index in [1.807, 2.05) is 13.8 Å². The molecule has 0 aliphatic heterocycles. The second-order valence-electron chi connectivity index (χ2n) is 2.89. The Kier molecular flexibility index (Phi) is 1.30. The summed E-state index contributed by atoms with van der Waals surface area (Å²) in [7, 11) is 0. The molecule has 0 atom stereocenters. The summed E-state index contributed by atoms with van der Waals surface area (Å²) in [6.45, 7) is 4.03. The highest BCUT2D eigenvalue weighted by atomic mass is 15.1. The van der Waals surface area contributed by atoms with Crippen molar-refractivity contribution in [3.8, 4) is 0 Å². The van der Waals surface area contributed by atoms with Crippen LogP contribution in [0.4, 0.5) is 5.82 Å². The predicted molar refractivity (Wildman–Crippen MR) is 47.8 cm³/mol. The van der Waals surface area contributed by atoms with E-state index in [9.17, 15) is 0 Å². The van der Waals surface area contributed by atoms with Crippen molar-refractivity contribution >= 4 is 16.7 Å². The van der Waals surface area contributed by atoms with Crippen LogP contribution in [0.3, 0.4) is 0 Å². The van der Waals surface area contributed by atoms with E-state index in [-0.39, 0.29) is 0 Å². The number of aromatic nitrogens is 3. The Morgan fingerprint density at radius 3 is 2.83 bits per heavy atom. The minimum atomic E-state index is 0.495. The zero-order chi connectivity index (χ0) is 8.72. The Morgan fingerprint density at radius 2 is 2.17 bits per heavy atom. The van der Waals surface area contributed by atoms with Gasteiger partial charge in [-0.2, -0.15) is 5.10 Å². The third-order valence-corrected chi connectivity index (χ3v) is 2.14. The summed E-state index contributed by atoms with van der Waals surface area (Å²) in [5, 5.41) is 8.54. The van der Waals surface area contributed by atoms with Gasteiger partial charge in [-0.3, -0.25) is 0 Å². The monoisotopic (exact) mass is 162 g/mol. The molecule has 2 rings (SSSR count). The highest BCUT2D eigenvalue weighted by Crippen LogP contribution is 2.23. The lowest BCUT2D eigenvalue weighted by Crippen LogP contribution is -1.92. The molecule has 4 heteroatoms. The first-order chi connectivity index (χ1) is 5.70. The molecule has 0 amide bonds. The third-order valence-electron chi connectivity index (χ3n) is 2.14. The minimum Gasteiger partial charge on any atom is -0.382 e. The van der Waals surface area contributed by atoms with Crippen molar-refractivity contribution in [1.29, 1.82) is 0 Å². The number of hydrogen-bond donors (Lipinski definition) is 2. The predicted octanol–water partition coefficient (Wildman–Crippen LogP) is 1.16. The first kappa shape index (κ1) is 7.09. The van der Waals surface area contributed by atoms with Gasteiger partial charge in [0, 0.05) is 11.1 Å². The molecular weight excluding hydrogens is 152 g/mol. The highest BCUT2D eigenvalue weighted by molar-refractivity contribution is 5.91. The van der Waals surface area contributed by atoms with Crippen LogP contribution in [0.15, 0.2) is 6.20 Å². The van der Waals surface area contributed by atoms with Crippen LogP contribution in [0.2, 0.25) is 0 Å². The standard InChI is InChI=1S/C8H10N4/c1-4-5(2)11-6-3-10-12-8(9)7(4)6/h3,11H,1-2H3,(H2,9,12). The lowest BCUT2D eigenvalue weighted by molar-refractivity contribution is 1.06. The Balaban J connectivity index is 2.97. The molecule has 0 fully saturated rings. The average molecular weight is 162 g/mol. The summed E-state index contributed by atoms with van der Waals surface area (Å²) in [4.78, 5) is 3.19. The number of nitrogens with zero attached hydrogens (tertiary/aromatic N) is 2. The summed E-state index contributed by atoms with van der Waals surface area (Å²) >= 11 is 0. The molecule has 0 spiro atoms. The third kappa shape index (κ3) is 0.777. The van der Waals surface area contributed by atoms with Crippen molar-refractivity contribution in [2.24, 2.45) is 0 Å². The maximum absolute atomic E-state index is 5.68. The zero-order valence-corrected chi connectivity index (χ0v) is 7.05. The molecule has 0 saturated heterocycles. The fourth-order valence-electron chi connectivity index (χ4n) is 1.37. The molecule has 0 aromatic carbocycles. The van der Waals surface area contributed by atoms with Crippen LogP contribution in [0.5, 0.6) is 0 Å². The molecular formula is C8H10N4. The summed E-state index contributed by atoms with van der Waals surface area (Å²) in [5.41, 5.74) is 8.90. The van der Waals surface area contributed by atoms with Gasteiger partial charge < -0.3 is 10.7 Å². The van der Waals surface area contributed by atoms with Crippen LogP contribution in [-0.4, -0.2) is 15.2 Å². The first-order valence-electron chi connectivity index (χ1n) is 3.76. The molecule has 0 bridgehead atoms. The summed E-state index contributed by atoms with van der Waals surface area (Å²) in [6.07, 6.45) is 1.69. The Bertz CT molecular complexity index is 430. The molecule has 0 aliphatic carbocycles. The SMILES string of the molecule is Cc1[nH]c2cnnc(N)c2c1C. The number of aromatic amines is 1. The fourth-order valence-corrected chi connectivity index (χ4v) is 1.37. The summed E-state index contributed by atoms with van der Waals surface area (Å²) < 4.78 is 0. The van der Waals surface area contributed by atoms with E-state index in [0.29, 0.717) is 5.82 Å². The number of hydrogen-bond acceptors (Lipinski definition) is 3. The number of fused-ring (bicyclic) bond motifs is 1. The molecule has 2 heterocycles. The van der Waals surface area contributed by atoms with Gasteiger partial charge in [0.05, 0.1) is 11.7 Å². The van der Waals surface area contributed by atoms with Crippen LogP contribution >= 0.6 is 0 Å². The van der Waals surface area contributed by atoms with Gasteiger partial charge in [0.2, 0.25) is 0 Å². The molecule has 2 aromatic heterocycles. The first-order valence-corrected chi connectivity index (χ1v) is 3.76. The van der Waals surface area contributed by atoms with Gasteiger partial charge in [-0.25, -0.2) is 0 Å². The second-order valence-corrected chi connectivity index (χ2v) is 2.89. The van der Waals surface area contributed by atoms with E-state index in [0.717, 1.165) is 22.2 Å². The van der Waals surface area contributed by atoms with E-state index in [2.05, 4.69) is 15.2 Å². The molecule has 0 aliphatic rings. The normalized spacial score (nSPS) is 10.8. The maximum Gasteiger partial charge on any atom is 0.155 e. The van der Waals surface area contributed by atoms with Crippen molar-refractivity contribution in [3.05, 3.63) is 17.5 Å². The Hall–Kier alpha value is -1.58. The molecule has 3 N–H and O–H groups in total. The number of nitrogens with two attached hydrogens (primary N) is 1. The highest BCUT2D eigenvalue weighted by Gasteiger charge is 2.07. The number of nitrogens with one attached hydrogen (secondary N) is 1. The van der Waals surface area contributed by atoms with Gasteiger partial charge in [-0.1, -0.05) is 0 Å². The molecule has 4 nitrogen and oxygen atoms in total. The number of rotatable bonds is 0. The van der Waals surface area contributed by atoms with Crippen LogP contribution in [0.25, 0.3) is 10.9 Å². The average Bonchev–Trinajstić information content (AvgIpc) is 2.29. The van der Waals surface area contributed by atoms with Crippen LogP contribution < -0.4 is 5.73 Å². The maximum atomic E-state index is 5.68. The van der Waals surface area contributed by atoms with E-state index < -0.39 is 0 Å². The van der Waals surface area contributed by atoms with E-state index in [4.69, 9.17) is 5.73 Å². The topological polar surface area (TPSA) is 67.6 Å². The number of nitrogen functional groups attached to an aromatic ring is 1. The lowest BCUT2D eigenvalue weighted by atomic mass is 10.2. The minimum absolute atomic E-state index is 0.495. The molecule has 0 radical (unpaired) electrons. The Morgan fingerprint density at radius 1 is 1.42 bits per heavy atom. The molecule has 0 saturated carbocycles. The van der Waals surface area contributed by atoms with Crippen molar-refractivity contribution in [2.45, 2.75) is 13.8 Å². The lowest BCUT2D eigenvalue weighted by Gasteiger charge is -1.93. The largest absolute Gasteiger partial charge is 0.382 e. The molecule has 2 aromatic rings. The Labute approximate surface area is 69.8 Å². The second kappa shape index (κ2) is 2.20. The fraction of sp³-hybridized carbons (Fsp3) is 0.250. The van der Waals surface area contributed by atoms with E-state index >= 15 is 0 Å². The summed E-state index contributed by atoms with van der Waals surface area (Å²) in [6, 6.07) is 0. The number of H-pyrrole nitrogens is 1. The van der Waals surface area contributed by atoms with Gasteiger partial charge in [0.15, 0.2) is 5.82 Å². The van der Waals surface area contributed by atoms with Gasteiger partial charge in [-0.15, -0.1) is 5.10 Å². The zero-order valence-electron chi connectivity index (χ0n) is 7.05. The van der Waals surface area contributed by atoms with E-state index in [1.54, 1.807) is 6.20 Å². The van der Waals surface area contributed by atoms with Crippen LogP contribution in [0.1, 0.15) is 11.3 Å². The smallest absolute Gasteiger partial charge is 0.155 e. The van der Waals surface area contributed by atoms with Crippen molar-refractivity contribution in [2.75, 3.05) is 5.73 Å². The van der Waals surface area contributed by atoms with Crippen molar-refractivity contribution < 1.29 is 0 Å². The summed E-state index contributed by atoms with van der Waals surface area (Å²) in [5.74, 6) is 0.495. The van der Waals surface area contributed by atoms with Crippen molar-refractivity contribution in [3.63, 3.8) is 0 Å². The quantitative estimate of drug-likeness (QED) is 0.610. The van der Waals surface area contributed by atoms with Gasteiger partial charge in [0.25, 0.3) is 0 Å². The van der Waals surface area contributed by atoms with Gasteiger partial charge >= 0.3 is 0 Å². The van der Waals surface area contributed by atoms with Gasteiger partial charge in [0.1, 0.15) is 0 Å².